The van der Waals surface area contributed by atoms with Gasteiger partial charge in [0.2, 0.25) is 0 Å². The molecule has 0 aliphatic carbocycles. The molecule has 0 fully saturated rings. The highest BCUT2D eigenvalue weighted by atomic mass is 31.1. The van der Waals surface area contributed by atoms with Crippen LogP contribution in [0.4, 0.5) is 4.79 Å². The Labute approximate surface area is 61.4 Å². The van der Waals surface area contributed by atoms with Gasteiger partial charge in [-0.2, -0.15) is 0 Å². The van der Waals surface area contributed by atoms with Gasteiger partial charge >= 0.3 is 13.4 Å². The van der Waals surface area contributed by atoms with E-state index in [1.807, 2.05) is 0 Å². The van der Waals surface area contributed by atoms with E-state index in [0.29, 0.717) is 0 Å². The maximum atomic E-state index is 10.5. The molecule has 0 radical (unpaired) electrons. The van der Waals surface area contributed by atoms with Crippen molar-refractivity contribution in [3.8, 4) is 0 Å². The van der Waals surface area contributed by atoms with Gasteiger partial charge in [0.25, 0.3) is 0 Å². The summed E-state index contributed by atoms with van der Waals surface area (Å²) >= 11 is 0. The SMILES string of the molecule is COBOC(=O)PC(C)=O. The van der Waals surface area contributed by atoms with E-state index in [1.54, 1.807) is 0 Å². The van der Waals surface area contributed by atoms with E-state index >= 15 is 0 Å². The van der Waals surface area contributed by atoms with Gasteiger partial charge < -0.3 is 9.31 Å². The summed E-state index contributed by atoms with van der Waals surface area (Å²) in [5.41, 5.74) is -0.699. The lowest BCUT2D eigenvalue weighted by atomic mass is 10.4. The van der Waals surface area contributed by atoms with Crippen LogP contribution in [0.5, 0.6) is 0 Å². The Morgan fingerprint density at radius 1 is 1.50 bits per heavy atom. The molecule has 6 heteroatoms. The van der Waals surface area contributed by atoms with Crippen LogP contribution in [-0.2, 0) is 14.1 Å². The number of hydrogen-bond donors (Lipinski definition) is 0. The second-order valence-corrected chi connectivity index (χ2v) is 2.88. The molecule has 0 aliphatic rings. The smallest absolute Gasteiger partial charge is 0.508 e. The molecule has 0 saturated carbocycles. The quantitative estimate of drug-likeness (QED) is 0.439. The Bertz CT molecular complexity index is 137. The highest BCUT2D eigenvalue weighted by Crippen LogP contribution is 2.13. The van der Waals surface area contributed by atoms with E-state index in [4.69, 9.17) is 0 Å². The van der Waals surface area contributed by atoms with Crippen LogP contribution in [0.25, 0.3) is 0 Å². The van der Waals surface area contributed by atoms with Crippen LogP contribution in [0.15, 0.2) is 0 Å². The van der Waals surface area contributed by atoms with E-state index in [1.165, 1.54) is 14.0 Å². The Morgan fingerprint density at radius 2 is 2.10 bits per heavy atom. The van der Waals surface area contributed by atoms with Crippen molar-refractivity contribution < 1.29 is 18.9 Å². The van der Waals surface area contributed by atoms with Crippen molar-refractivity contribution in [2.24, 2.45) is 0 Å². The van der Waals surface area contributed by atoms with Crippen molar-refractivity contribution in [2.75, 3.05) is 7.11 Å². The number of carbonyl (C=O) groups excluding carboxylic acids is 2. The molecule has 0 spiro atoms. The summed E-state index contributed by atoms with van der Waals surface area (Å²) in [5.74, 6) is 0. The fraction of sp³-hybridized carbons (Fsp3) is 0.500. The Balaban J connectivity index is 3.35. The van der Waals surface area contributed by atoms with Crippen LogP contribution in [0.3, 0.4) is 0 Å². The minimum Gasteiger partial charge on any atom is -0.509 e. The lowest BCUT2D eigenvalue weighted by Crippen LogP contribution is -2.05. The summed E-state index contributed by atoms with van der Waals surface area (Å²) in [6, 6.07) is 0. The minimum atomic E-state index is -0.519. The molecule has 0 bridgehead atoms. The Kier molecular flexibility index (Phi) is 5.17. The largest absolute Gasteiger partial charge is 0.509 e. The summed E-state index contributed by atoms with van der Waals surface area (Å²) in [5, 5.41) is 0. The number of rotatable bonds is 4. The van der Waals surface area contributed by atoms with Crippen molar-refractivity contribution >= 4 is 27.5 Å². The molecule has 0 aromatic rings. The van der Waals surface area contributed by atoms with Crippen molar-refractivity contribution in [3.05, 3.63) is 0 Å². The van der Waals surface area contributed by atoms with Crippen molar-refractivity contribution in [2.45, 2.75) is 6.92 Å². The summed E-state index contributed by atoms with van der Waals surface area (Å²) < 4.78 is 8.88. The molecule has 1 atom stereocenters. The van der Waals surface area contributed by atoms with Gasteiger partial charge in [-0.15, -0.1) is 0 Å². The first-order valence-corrected chi connectivity index (χ1v) is 3.60. The number of carbonyl (C=O) groups is 2. The third kappa shape index (κ3) is 5.73. The van der Waals surface area contributed by atoms with E-state index in [0.717, 1.165) is 0 Å². The molecule has 0 rings (SSSR count). The molecule has 0 heterocycles. The van der Waals surface area contributed by atoms with Gasteiger partial charge in [0.15, 0.2) is 5.52 Å². The standard InChI is InChI=1S/C4H8BO4P/c1-3(6)10-4(7)9-5-8-2/h5,10H,1-2H3. The molecular formula is C4H8BO4P. The summed E-state index contributed by atoms with van der Waals surface area (Å²) in [6.45, 7) is 1.34. The number of hydrogen-bond acceptors (Lipinski definition) is 4. The third-order valence-electron chi connectivity index (χ3n) is 0.586. The average Bonchev–Trinajstić information content (AvgIpc) is 1.82. The highest BCUT2D eigenvalue weighted by Gasteiger charge is 2.05. The van der Waals surface area contributed by atoms with Gasteiger partial charge in [-0.1, -0.05) is 0 Å². The molecule has 0 N–H and O–H groups in total. The van der Waals surface area contributed by atoms with Crippen LogP contribution < -0.4 is 0 Å². The maximum Gasteiger partial charge on any atom is 0.508 e. The molecule has 10 heavy (non-hydrogen) atoms. The van der Waals surface area contributed by atoms with E-state index in [2.05, 4.69) is 9.31 Å². The highest BCUT2D eigenvalue weighted by molar-refractivity contribution is 7.73. The summed E-state index contributed by atoms with van der Waals surface area (Å²) in [4.78, 5) is 20.8. The van der Waals surface area contributed by atoms with Crippen LogP contribution in [0, 0.1) is 0 Å². The topological polar surface area (TPSA) is 52.6 Å². The lowest BCUT2D eigenvalue weighted by molar-refractivity contribution is -0.109. The zero-order valence-electron chi connectivity index (χ0n) is 5.84. The predicted octanol–water partition coefficient (Wildman–Crippen LogP) is 0.261. The second-order valence-electron chi connectivity index (χ2n) is 1.52. The van der Waals surface area contributed by atoms with Gasteiger partial charge in [0.1, 0.15) is 0 Å². The zero-order valence-corrected chi connectivity index (χ0v) is 6.84. The monoisotopic (exact) mass is 162 g/mol. The third-order valence-corrected chi connectivity index (χ3v) is 1.29. The molecule has 4 nitrogen and oxygen atoms in total. The van der Waals surface area contributed by atoms with Gasteiger partial charge in [-0.25, -0.2) is 4.79 Å². The van der Waals surface area contributed by atoms with Gasteiger partial charge in [-0.3, -0.25) is 4.79 Å². The van der Waals surface area contributed by atoms with Crippen molar-refractivity contribution in [3.63, 3.8) is 0 Å². The van der Waals surface area contributed by atoms with Gasteiger partial charge in [-0.05, 0) is 6.92 Å². The molecule has 0 saturated heterocycles. The lowest BCUT2D eigenvalue weighted by Gasteiger charge is -1.97. The molecule has 56 valence electrons. The fourth-order valence-corrected chi connectivity index (χ4v) is 0.711. The molecule has 0 aliphatic heterocycles. The van der Waals surface area contributed by atoms with Gasteiger partial charge in [0.05, 0.1) is 8.58 Å². The summed E-state index contributed by atoms with van der Waals surface area (Å²) in [6.07, 6.45) is 0. The molecule has 0 aromatic heterocycles. The average molecular weight is 162 g/mol. The minimum absolute atomic E-state index is 0.0842. The fourth-order valence-electron chi connectivity index (χ4n) is 0.292. The Morgan fingerprint density at radius 3 is 2.50 bits per heavy atom. The first-order valence-electron chi connectivity index (χ1n) is 2.60. The van der Waals surface area contributed by atoms with Crippen molar-refractivity contribution in [1.82, 2.24) is 0 Å². The molecule has 0 amide bonds. The van der Waals surface area contributed by atoms with Crippen LogP contribution >= 0.6 is 8.58 Å². The normalized spacial score (nSPS) is 9.80. The van der Waals surface area contributed by atoms with E-state index in [9.17, 15) is 9.59 Å². The van der Waals surface area contributed by atoms with Crippen LogP contribution in [0.1, 0.15) is 6.92 Å². The molecule has 1 unspecified atom stereocenters. The Hall–Kier alpha value is -0.405. The molecular weight excluding hydrogens is 154 g/mol. The first-order chi connectivity index (χ1) is 4.66. The van der Waals surface area contributed by atoms with Crippen LogP contribution in [-0.4, -0.2) is 26.0 Å². The zero-order chi connectivity index (χ0) is 7.98. The predicted molar refractivity (Wildman–Crippen MR) is 39.6 cm³/mol. The van der Waals surface area contributed by atoms with E-state index in [-0.39, 0.29) is 13.2 Å². The first kappa shape index (κ1) is 9.59. The van der Waals surface area contributed by atoms with Crippen molar-refractivity contribution in [1.29, 1.82) is 0 Å². The van der Waals surface area contributed by atoms with Crippen LogP contribution in [0.2, 0.25) is 0 Å². The van der Waals surface area contributed by atoms with E-state index < -0.39 is 14.3 Å². The van der Waals surface area contributed by atoms with Gasteiger partial charge in [0, 0.05) is 7.11 Å². The molecule has 0 aromatic carbocycles. The maximum absolute atomic E-state index is 10.5. The second kappa shape index (κ2) is 5.39. The summed E-state index contributed by atoms with van der Waals surface area (Å²) in [7, 11) is 0.915.